The van der Waals surface area contributed by atoms with Crippen LogP contribution >= 0.6 is 0 Å². The number of fused-ring (bicyclic) bond motifs is 3. The van der Waals surface area contributed by atoms with Crippen molar-refractivity contribution in [3.8, 4) is 28.1 Å². The molecule has 5 heterocycles. The number of methoxy groups -OCH3 is 1. The average molecular weight is 450 g/mol. The highest BCUT2D eigenvalue weighted by atomic mass is 16.5. The normalized spacial score (nSPS) is 14.6. The van der Waals surface area contributed by atoms with Crippen LogP contribution in [0.3, 0.4) is 0 Å². The summed E-state index contributed by atoms with van der Waals surface area (Å²) in [7, 11) is 1.66. The Morgan fingerprint density at radius 2 is 1.74 bits per heavy atom. The number of ether oxygens (including phenoxy) is 1. The lowest BCUT2D eigenvalue weighted by Gasteiger charge is -2.26. The number of likely N-dealkylation sites (tertiary alicyclic amines) is 1. The fourth-order valence-electron chi connectivity index (χ4n) is 4.91. The molecule has 0 amide bonds. The summed E-state index contributed by atoms with van der Waals surface area (Å²) in [6.45, 7) is 3.46. The van der Waals surface area contributed by atoms with Gasteiger partial charge >= 0.3 is 0 Å². The zero-order valence-electron chi connectivity index (χ0n) is 19.3. The van der Waals surface area contributed by atoms with Gasteiger partial charge in [-0.1, -0.05) is 30.7 Å². The van der Waals surface area contributed by atoms with Gasteiger partial charge in [0.1, 0.15) is 11.4 Å². The largest absolute Gasteiger partial charge is 0.496 e. The van der Waals surface area contributed by atoms with Gasteiger partial charge in [0.25, 0.3) is 0 Å². The Bertz CT molecular complexity index is 1450. The van der Waals surface area contributed by atoms with Gasteiger partial charge in [-0.05, 0) is 55.3 Å². The lowest BCUT2D eigenvalue weighted by molar-refractivity contribution is 0.221. The summed E-state index contributed by atoms with van der Waals surface area (Å²) < 4.78 is 5.51. The van der Waals surface area contributed by atoms with E-state index in [9.17, 15) is 0 Å². The highest BCUT2D eigenvalue weighted by Gasteiger charge is 2.13. The summed E-state index contributed by atoms with van der Waals surface area (Å²) in [5, 5.41) is 2.17. The molecular weight excluding hydrogens is 422 g/mol. The highest BCUT2D eigenvalue weighted by Crippen LogP contribution is 2.33. The number of pyridine rings is 3. The molecule has 1 fully saturated rings. The van der Waals surface area contributed by atoms with Crippen molar-refractivity contribution in [1.82, 2.24) is 24.8 Å². The van der Waals surface area contributed by atoms with Crippen molar-refractivity contribution in [2.75, 3.05) is 20.2 Å². The first-order chi connectivity index (χ1) is 16.8. The molecule has 0 spiro atoms. The number of hydrogen-bond donors (Lipinski definition) is 1. The molecule has 1 aliphatic heterocycles. The number of aromatic nitrogens is 4. The number of hydrogen-bond acceptors (Lipinski definition) is 5. The first kappa shape index (κ1) is 20.8. The van der Waals surface area contributed by atoms with E-state index >= 15 is 0 Å². The minimum absolute atomic E-state index is 0.755. The average Bonchev–Trinajstić information content (AvgIpc) is 3.27. The molecule has 0 bridgehead atoms. The summed E-state index contributed by atoms with van der Waals surface area (Å²) >= 11 is 0. The van der Waals surface area contributed by atoms with Gasteiger partial charge in [-0.15, -0.1) is 0 Å². The zero-order chi connectivity index (χ0) is 22.9. The van der Waals surface area contributed by atoms with Gasteiger partial charge in [0.15, 0.2) is 0 Å². The summed E-state index contributed by atoms with van der Waals surface area (Å²) in [4.78, 5) is 19.6. The van der Waals surface area contributed by atoms with Crippen LogP contribution in [0.4, 0.5) is 0 Å². The molecule has 6 heteroatoms. The molecule has 34 heavy (non-hydrogen) atoms. The Balaban J connectivity index is 1.34. The van der Waals surface area contributed by atoms with Crippen molar-refractivity contribution in [2.45, 2.75) is 25.8 Å². The van der Waals surface area contributed by atoms with Crippen LogP contribution in [0.2, 0.25) is 0 Å². The molecule has 1 aliphatic rings. The van der Waals surface area contributed by atoms with Crippen LogP contribution < -0.4 is 4.74 Å². The maximum atomic E-state index is 5.51. The Kier molecular flexibility index (Phi) is 5.43. The first-order valence-electron chi connectivity index (χ1n) is 11.9. The minimum Gasteiger partial charge on any atom is -0.496 e. The second kappa shape index (κ2) is 8.88. The Morgan fingerprint density at radius 3 is 2.56 bits per heavy atom. The van der Waals surface area contributed by atoms with E-state index in [-0.39, 0.29) is 0 Å². The van der Waals surface area contributed by atoms with E-state index < -0.39 is 0 Å². The maximum absolute atomic E-state index is 5.51. The second-order valence-corrected chi connectivity index (χ2v) is 8.97. The van der Waals surface area contributed by atoms with Crippen molar-refractivity contribution in [3.63, 3.8) is 0 Å². The molecule has 0 atom stereocenters. The smallest absolute Gasteiger partial charge is 0.138 e. The molecule has 170 valence electrons. The molecule has 1 saturated heterocycles. The van der Waals surface area contributed by atoms with Crippen LogP contribution in [0.25, 0.3) is 44.3 Å². The molecule has 0 saturated carbocycles. The lowest BCUT2D eigenvalue weighted by atomic mass is 10.0. The first-order valence-corrected chi connectivity index (χ1v) is 11.9. The third-order valence-electron chi connectivity index (χ3n) is 6.75. The Morgan fingerprint density at radius 1 is 0.882 bits per heavy atom. The van der Waals surface area contributed by atoms with Crippen LogP contribution in [-0.4, -0.2) is 45.0 Å². The third-order valence-corrected chi connectivity index (χ3v) is 6.75. The number of nitrogens with one attached hydrogen (secondary N) is 1. The second-order valence-electron chi connectivity index (χ2n) is 8.97. The van der Waals surface area contributed by atoms with Crippen LogP contribution in [-0.2, 0) is 6.54 Å². The molecular formula is C28H27N5O. The van der Waals surface area contributed by atoms with Gasteiger partial charge in [0, 0.05) is 41.5 Å². The number of piperidine rings is 1. The lowest BCUT2D eigenvalue weighted by Crippen LogP contribution is -2.28. The minimum atomic E-state index is 0.755. The van der Waals surface area contributed by atoms with Gasteiger partial charge in [0.05, 0.1) is 30.1 Å². The number of benzene rings is 1. The number of aromatic amines is 1. The predicted molar refractivity (Wildman–Crippen MR) is 136 cm³/mol. The van der Waals surface area contributed by atoms with E-state index in [2.05, 4.69) is 56.3 Å². The zero-order valence-corrected chi connectivity index (χ0v) is 19.3. The summed E-state index contributed by atoms with van der Waals surface area (Å²) in [6.07, 6.45) is 11.3. The van der Waals surface area contributed by atoms with Gasteiger partial charge in [-0.25, -0.2) is 4.98 Å². The van der Waals surface area contributed by atoms with E-state index in [4.69, 9.17) is 9.72 Å². The summed E-state index contributed by atoms with van der Waals surface area (Å²) in [6, 6.07) is 15.1. The Hall–Kier alpha value is -3.77. The van der Waals surface area contributed by atoms with Gasteiger partial charge in [0.2, 0.25) is 0 Å². The fourth-order valence-corrected chi connectivity index (χ4v) is 4.91. The number of rotatable bonds is 5. The quantitative estimate of drug-likeness (QED) is 0.365. The number of nitrogens with zero attached hydrogens (tertiary/aromatic N) is 4. The van der Waals surface area contributed by atoms with Crippen LogP contribution in [0.5, 0.6) is 5.75 Å². The van der Waals surface area contributed by atoms with E-state index in [0.29, 0.717) is 0 Å². The SMILES string of the molecule is COc1ccncc1-c1cc2c(cn1)[nH]c1ncc(-c3ccc(CN4CCCCC4)cc3)cc12. The van der Waals surface area contributed by atoms with Crippen LogP contribution in [0.15, 0.2) is 67.3 Å². The Labute approximate surface area is 198 Å². The van der Waals surface area contributed by atoms with Crippen molar-refractivity contribution >= 4 is 21.9 Å². The highest BCUT2D eigenvalue weighted by molar-refractivity contribution is 6.07. The summed E-state index contributed by atoms with van der Waals surface area (Å²) in [5.74, 6) is 0.755. The maximum Gasteiger partial charge on any atom is 0.138 e. The molecule has 0 unspecified atom stereocenters. The van der Waals surface area contributed by atoms with Gasteiger partial charge in [-0.2, -0.15) is 0 Å². The monoisotopic (exact) mass is 449 g/mol. The van der Waals surface area contributed by atoms with Crippen molar-refractivity contribution < 1.29 is 4.74 Å². The van der Waals surface area contributed by atoms with Crippen molar-refractivity contribution in [3.05, 3.63) is 72.8 Å². The third kappa shape index (κ3) is 3.90. The standard InChI is InChI=1S/C28H27N5O/c1-34-27-9-10-29-16-24(27)25-14-22-23-13-21(15-31-28(23)32-26(22)17-30-25)20-7-5-19(6-8-20)18-33-11-3-2-4-12-33/h5-10,13-17H,2-4,11-12,18H2,1H3,(H,31,32). The van der Waals surface area contributed by atoms with Crippen molar-refractivity contribution in [2.24, 2.45) is 0 Å². The molecule has 6 rings (SSSR count). The molecule has 5 aromatic rings. The van der Waals surface area contributed by atoms with Crippen LogP contribution in [0.1, 0.15) is 24.8 Å². The van der Waals surface area contributed by atoms with E-state index in [1.807, 2.05) is 18.5 Å². The fraction of sp³-hybridized carbons (Fsp3) is 0.250. The number of H-pyrrole nitrogens is 1. The molecule has 6 nitrogen and oxygen atoms in total. The molecule has 1 N–H and O–H groups in total. The van der Waals surface area contributed by atoms with Gasteiger partial charge in [-0.3, -0.25) is 14.9 Å². The van der Waals surface area contributed by atoms with Crippen LogP contribution in [0, 0.1) is 0 Å². The molecule has 0 radical (unpaired) electrons. The molecule has 4 aromatic heterocycles. The van der Waals surface area contributed by atoms with E-state index in [1.165, 1.54) is 43.5 Å². The molecule has 0 aliphatic carbocycles. The topological polar surface area (TPSA) is 66.9 Å². The predicted octanol–water partition coefficient (Wildman–Crippen LogP) is 5.83. The van der Waals surface area contributed by atoms with Crippen molar-refractivity contribution in [1.29, 1.82) is 0 Å². The molecule has 1 aromatic carbocycles. The van der Waals surface area contributed by atoms with Gasteiger partial charge < -0.3 is 9.72 Å². The van der Waals surface area contributed by atoms with E-state index in [1.54, 1.807) is 19.5 Å². The van der Waals surface area contributed by atoms with E-state index in [0.717, 1.165) is 51.1 Å². The summed E-state index contributed by atoms with van der Waals surface area (Å²) in [5.41, 5.74) is 7.17.